The number of carbonyl (C=O) groups is 2. The Morgan fingerprint density at radius 3 is 2.26 bits per heavy atom. The van der Waals surface area contributed by atoms with Gasteiger partial charge in [-0.15, -0.1) is 11.3 Å². The number of ketones is 1. The van der Waals surface area contributed by atoms with E-state index < -0.39 is 11.7 Å². The molecule has 1 amide bonds. The maximum Gasteiger partial charge on any atom is 0.295 e. The summed E-state index contributed by atoms with van der Waals surface area (Å²) in [5, 5.41) is 0.949. The molecule has 0 saturated carbocycles. The van der Waals surface area contributed by atoms with Crippen LogP contribution in [0.3, 0.4) is 0 Å². The highest BCUT2D eigenvalue weighted by Gasteiger charge is 2.22. The molecule has 0 atom stereocenters. The third-order valence-electron chi connectivity index (χ3n) is 3.62. The second kappa shape index (κ2) is 6.62. The van der Waals surface area contributed by atoms with Crippen molar-refractivity contribution in [1.29, 1.82) is 0 Å². The first kappa shape index (κ1) is 17.3. The number of benzene rings is 1. The number of aryl methyl sites for hydroxylation is 1. The molecule has 1 aromatic heterocycles. The monoisotopic (exact) mass is 330 g/mol. The van der Waals surface area contributed by atoms with Crippen molar-refractivity contribution in [3.63, 3.8) is 0 Å². The molecule has 0 bridgehead atoms. The quantitative estimate of drug-likeness (QED) is 0.636. The van der Waals surface area contributed by atoms with Crippen LogP contribution in [0.4, 0.5) is 0 Å². The molecule has 0 aliphatic heterocycles. The number of amides is 1. The molecule has 2 rings (SSSR count). The first-order chi connectivity index (χ1) is 10.7. The summed E-state index contributed by atoms with van der Waals surface area (Å²) < 4.78 is 0. The topological polar surface area (TPSA) is 50.3 Å². The lowest BCUT2D eigenvalue weighted by atomic mass is 9.86. The van der Waals surface area contributed by atoms with E-state index in [-0.39, 0.29) is 5.41 Å². The summed E-state index contributed by atoms with van der Waals surface area (Å²) in [6.45, 7) is 8.65. The van der Waals surface area contributed by atoms with E-state index in [1.54, 1.807) is 25.4 Å². The van der Waals surface area contributed by atoms with Gasteiger partial charge in [0.2, 0.25) is 5.78 Å². The standard InChI is InChI=1S/C18H22N2O2S/c1-12-19-10-15(23-12)11-20(5)17(22)16(21)13-6-8-14(9-7-13)18(2,3)4/h6-10H,11H2,1-5H3. The van der Waals surface area contributed by atoms with Crippen molar-refractivity contribution in [3.05, 3.63) is 51.5 Å². The molecule has 122 valence electrons. The van der Waals surface area contributed by atoms with Crippen molar-refractivity contribution in [3.8, 4) is 0 Å². The zero-order chi connectivity index (χ0) is 17.2. The Labute approximate surface area is 141 Å². The Bertz CT molecular complexity index is 711. The normalized spacial score (nSPS) is 11.3. The minimum absolute atomic E-state index is 0.0202. The number of hydrogen-bond acceptors (Lipinski definition) is 4. The van der Waals surface area contributed by atoms with E-state index in [1.807, 2.05) is 19.1 Å². The number of thiazole rings is 1. The average Bonchev–Trinajstić information content (AvgIpc) is 2.90. The van der Waals surface area contributed by atoms with Crippen molar-refractivity contribution >= 4 is 23.0 Å². The van der Waals surface area contributed by atoms with Crippen LogP contribution in [0.25, 0.3) is 0 Å². The number of carbonyl (C=O) groups excluding carboxylic acids is 2. The maximum absolute atomic E-state index is 12.3. The highest BCUT2D eigenvalue weighted by molar-refractivity contribution is 7.11. The van der Waals surface area contributed by atoms with Gasteiger partial charge in [0.05, 0.1) is 11.6 Å². The predicted molar refractivity (Wildman–Crippen MR) is 92.8 cm³/mol. The van der Waals surface area contributed by atoms with Gasteiger partial charge in [-0.25, -0.2) is 4.98 Å². The van der Waals surface area contributed by atoms with Gasteiger partial charge in [-0.05, 0) is 17.9 Å². The molecule has 0 aliphatic rings. The van der Waals surface area contributed by atoms with E-state index in [4.69, 9.17) is 0 Å². The van der Waals surface area contributed by atoms with E-state index in [0.29, 0.717) is 12.1 Å². The van der Waals surface area contributed by atoms with Gasteiger partial charge in [0.25, 0.3) is 5.91 Å². The summed E-state index contributed by atoms with van der Waals surface area (Å²) in [6.07, 6.45) is 1.74. The molecule has 0 aliphatic carbocycles. The number of likely N-dealkylation sites (N-methyl/N-ethyl adjacent to an activating group) is 1. The van der Waals surface area contributed by atoms with Crippen LogP contribution >= 0.6 is 11.3 Å². The van der Waals surface area contributed by atoms with Crippen LogP contribution in [-0.2, 0) is 16.8 Å². The molecule has 1 heterocycles. The number of rotatable bonds is 4. The zero-order valence-electron chi connectivity index (χ0n) is 14.2. The average molecular weight is 330 g/mol. The van der Waals surface area contributed by atoms with Gasteiger partial charge >= 0.3 is 0 Å². The van der Waals surface area contributed by atoms with Gasteiger partial charge < -0.3 is 4.90 Å². The maximum atomic E-state index is 12.3. The van der Waals surface area contributed by atoms with Crippen molar-refractivity contribution in [2.45, 2.75) is 39.7 Å². The molecule has 0 radical (unpaired) electrons. The van der Waals surface area contributed by atoms with Crippen molar-refractivity contribution in [2.24, 2.45) is 0 Å². The molecule has 1 aromatic carbocycles. The highest BCUT2D eigenvalue weighted by Crippen LogP contribution is 2.22. The SMILES string of the molecule is Cc1ncc(CN(C)C(=O)C(=O)c2ccc(C(C)(C)C)cc2)s1. The molecule has 0 fully saturated rings. The fraction of sp³-hybridized carbons (Fsp3) is 0.389. The summed E-state index contributed by atoms with van der Waals surface area (Å²) >= 11 is 1.53. The molecule has 0 saturated heterocycles. The largest absolute Gasteiger partial charge is 0.334 e. The van der Waals surface area contributed by atoms with Gasteiger partial charge in [0.15, 0.2) is 0 Å². The Morgan fingerprint density at radius 1 is 1.17 bits per heavy atom. The van der Waals surface area contributed by atoms with Crippen LogP contribution in [0.15, 0.2) is 30.5 Å². The van der Waals surface area contributed by atoms with Gasteiger partial charge in [-0.2, -0.15) is 0 Å². The van der Waals surface area contributed by atoms with Gasteiger partial charge in [0, 0.05) is 23.7 Å². The summed E-state index contributed by atoms with van der Waals surface area (Å²) in [6, 6.07) is 7.27. The highest BCUT2D eigenvalue weighted by atomic mass is 32.1. The molecule has 0 unspecified atom stereocenters. The van der Waals surface area contributed by atoms with E-state index in [0.717, 1.165) is 15.4 Å². The Balaban J connectivity index is 2.08. The molecule has 5 heteroatoms. The molecule has 4 nitrogen and oxygen atoms in total. The minimum atomic E-state index is -0.500. The molecule has 2 aromatic rings. The third-order valence-corrected chi connectivity index (χ3v) is 4.51. The van der Waals surface area contributed by atoms with Crippen LogP contribution < -0.4 is 0 Å². The molecule has 23 heavy (non-hydrogen) atoms. The number of nitrogens with zero attached hydrogens (tertiary/aromatic N) is 2. The number of aromatic nitrogens is 1. The van der Waals surface area contributed by atoms with Crippen LogP contribution in [0, 0.1) is 6.92 Å². The Morgan fingerprint density at radius 2 is 1.78 bits per heavy atom. The van der Waals surface area contributed by atoms with Gasteiger partial charge in [-0.3, -0.25) is 9.59 Å². The van der Waals surface area contributed by atoms with Crippen molar-refractivity contribution < 1.29 is 9.59 Å². The van der Waals surface area contributed by atoms with Gasteiger partial charge in [0.1, 0.15) is 0 Å². The fourth-order valence-corrected chi connectivity index (χ4v) is 3.05. The Kier molecular flexibility index (Phi) is 5.00. The zero-order valence-corrected chi connectivity index (χ0v) is 15.0. The van der Waals surface area contributed by atoms with Crippen molar-refractivity contribution in [1.82, 2.24) is 9.88 Å². The van der Waals surface area contributed by atoms with Gasteiger partial charge in [-0.1, -0.05) is 45.0 Å². The summed E-state index contributed by atoms with van der Waals surface area (Å²) in [5.74, 6) is -0.978. The minimum Gasteiger partial charge on any atom is -0.334 e. The van der Waals surface area contributed by atoms with Crippen LogP contribution in [0.2, 0.25) is 0 Å². The third kappa shape index (κ3) is 4.26. The lowest BCUT2D eigenvalue weighted by Gasteiger charge is -2.19. The molecule has 0 spiro atoms. The van der Waals surface area contributed by atoms with Crippen LogP contribution in [0.1, 0.15) is 46.6 Å². The summed E-state index contributed by atoms with van der Waals surface area (Å²) in [4.78, 5) is 31.2. The molecule has 0 N–H and O–H groups in total. The molecular weight excluding hydrogens is 308 g/mol. The first-order valence-corrected chi connectivity index (χ1v) is 8.32. The number of Topliss-reactive ketones (excluding diaryl/α,β-unsaturated/α-hetero) is 1. The smallest absolute Gasteiger partial charge is 0.295 e. The fourth-order valence-electron chi connectivity index (χ4n) is 2.20. The molecular formula is C18H22N2O2S. The lowest BCUT2D eigenvalue weighted by Crippen LogP contribution is -2.32. The predicted octanol–water partition coefficient (Wildman–Crippen LogP) is 3.59. The first-order valence-electron chi connectivity index (χ1n) is 7.50. The van der Waals surface area contributed by atoms with Crippen molar-refractivity contribution in [2.75, 3.05) is 7.05 Å². The second-order valence-corrected chi connectivity index (χ2v) is 7.98. The second-order valence-electron chi connectivity index (χ2n) is 6.66. The van der Waals surface area contributed by atoms with Crippen LogP contribution in [0.5, 0.6) is 0 Å². The lowest BCUT2D eigenvalue weighted by molar-refractivity contribution is -0.125. The summed E-state index contributed by atoms with van der Waals surface area (Å²) in [7, 11) is 1.64. The summed E-state index contributed by atoms with van der Waals surface area (Å²) in [5.41, 5.74) is 1.58. The Hall–Kier alpha value is -2.01. The van der Waals surface area contributed by atoms with E-state index in [1.165, 1.54) is 16.2 Å². The number of hydrogen-bond donors (Lipinski definition) is 0. The van der Waals surface area contributed by atoms with E-state index in [9.17, 15) is 9.59 Å². The van der Waals surface area contributed by atoms with Crippen LogP contribution in [-0.4, -0.2) is 28.6 Å². The van der Waals surface area contributed by atoms with E-state index >= 15 is 0 Å². The van der Waals surface area contributed by atoms with E-state index in [2.05, 4.69) is 25.8 Å².